The number of nitrogens with two attached hydrogens (primary N) is 1. The Morgan fingerprint density at radius 3 is 2.90 bits per heavy atom. The molecule has 0 aliphatic heterocycles. The fraction of sp³-hybridized carbons (Fsp3) is 0.250. The molecule has 0 radical (unpaired) electrons. The lowest BCUT2D eigenvalue weighted by Crippen LogP contribution is -2.26. The van der Waals surface area contributed by atoms with Gasteiger partial charge in [-0.25, -0.2) is 13.1 Å². The van der Waals surface area contributed by atoms with Crippen LogP contribution in [0.25, 0.3) is 0 Å². The maximum Gasteiger partial charge on any atom is 0.245 e. The van der Waals surface area contributed by atoms with Gasteiger partial charge in [-0.05, 0) is 24.1 Å². The van der Waals surface area contributed by atoms with Crippen LogP contribution in [0.5, 0.6) is 5.75 Å². The molecule has 4 N–H and O–H groups in total. The number of anilines is 1. The first kappa shape index (κ1) is 14.4. The molecule has 8 heteroatoms. The van der Waals surface area contributed by atoms with Crippen LogP contribution in [0.2, 0.25) is 0 Å². The minimum Gasteiger partial charge on any atom is -0.497 e. The van der Waals surface area contributed by atoms with Crippen LogP contribution < -0.4 is 15.2 Å². The van der Waals surface area contributed by atoms with Crippen molar-refractivity contribution in [3.8, 4) is 5.75 Å². The van der Waals surface area contributed by atoms with Crippen LogP contribution in [0.15, 0.2) is 35.4 Å². The van der Waals surface area contributed by atoms with Gasteiger partial charge in [-0.15, -0.1) is 0 Å². The number of methoxy groups -OCH3 is 1. The fourth-order valence-electron chi connectivity index (χ4n) is 1.73. The molecule has 0 fully saturated rings. The highest BCUT2D eigenvalue weighted by atomic mass is 32.2. The van der Waals surface area contributed by atoms with Crippen LogP contribution >= 0.6 is 0 Å². The monoisotopic (exact) mass is 296 g/mol. The largest absolute Gasteiger partial charge is 0.497 e. The second-order valence-electron chi connectivity index (χ2n) is 4.15. The Morgan fingerprint density at radius 1 is 1.45 bits per heavy atom. The van der Waals surface area contributed by atoms with Gasteiger partial charge in [0.15, 0.2) is 0 Å². The van der Waals surface area contributed by atoms with E-state index in [9.17, 15) is 8.42 Å². The minimum absolute atomic E-state index is 0.0267. The molecule has 1 aromatic heterocycles. The van der Waals surface area contributed by atoms with Crippen LogP contribution in [0, 0.1) is 0 Å². The van der Waals surface area contributed by atoms with Crippen molar-refractivity contribution in [1.82, 2.24) is 14.9 Å². The topological polar surface area (TPSA) is 110 Å². The number of hydrogen-bond acceptors (Lipinski definition) is 5. The second kappa shape index (κ2) is 5.93. The summed E-state index contributed by atoms with van der Waals surface area (Å²) >= 11 is 0. The van der Waals surface area contributed by atoms with E-state index < -0.39 is 10.0 Å². The van der Waals surface area contributed by atoms with Crippen molar-refractivity contribution in [2.45, 2.75) is 11.3 Å². The fourth-order valence-corrected chi connectivity index (χ4v) is 2.79. The van der Waals surface area contributed by atoms with Gasteiger partial charge in [0.25, 0.3) is 0 Å². The van der Waals surface area contributed by atoms with E-state index in [4.69, 9.17) is 10.5 Å². The molecule has 1 heterocycles. The Bertz CT molecular complexity index is 682. The summed E-state index contributed by atoms with van der Waals surface area (Å²) in [5, 5.41) is 5.98. The summed E-state index contributed by atoms with van der Waals surface area (Å²) in [6.45, 7) is 0.264. The number of benzene rings is 1. The van der Waals surface area contributed by atoms with Gasteiger partial charge >= 0.3 is 0 Å². The average Bonchev–Trinajstić information content (AvgIpc) is 2.86. The van der Waals surface area contributed by atoms with E-state index in [-0.39, 0.29) is 17.3 Å². The number of H-pyrrole nitrogens is 1. The lowest BCUT2D eigenvalue weighted by molar-refractivity contribution is 0.414. The highest BCUT2D eigenvalue weighted by Crippen LogP contribution is 2.15. The van der Waals surface area contributed by atoms with Gasteiger partial charge in [-0.1, -0.05) is 12.1 Å². The van der Waals surface area contributed by atoms with E-state index in [1.165, 1.54) is 6.20 Å². The van der Waals surface area contributed by atoms with Crippen molar-refractivity contribution in [1.29, 1.82) is 0 Å². The molecule has 2 aromatic rings. The Hall–Kier alpha value is -2.06. The number of nitrogens with one attached hydrogen (secondary N) is 2. The maximum atomic E-state index is 12.0. The summed E-state index contributed by atoms with van der Waals surface area (Å²) in [6, 6.07) is 7.46. The van der Waals surface area contributed by atoms with Gasteiger partial charge < -0.3 is 10.5 Å². The lowest BCUT2D eigenvalue weighted by Gasteiger charge is -2.07. The van der Waals surface area contributed by atoms with Crippen LogP contribution in [-0.2, 0) is 16.4 Å². The molecule has 0 bridgehead atoms. The zero-order valence-electron chi connectivity index (χ0n) is 11.0. The molecule has 0 unspecified atom stereocenters. The van der Waals surface area contributed by atoms with Gasteiger partial charge in [0.05, 0.1) is 13.3 Å². The molecule has 7 nitrogen and oxygen atoms in total. The number of rotatable bonds is 6. The second-order valence-corrected chi connectivity index (χ2v) is 5.88. The molecule has 108 valence electrons. The highest BCUT2D eigenvalue weighted by molar-refractivity contribution is 7.89. The number of aromatic nitrogens is 2. The highest BCUT2D eigenvalue weighted by Gasteiger charge is 2.18. The normalized spacial score (nSPS) is 11.4. The predicted octanol–water partition coefficient (Wildman–Crippen LogP) is 0.522. The standard InChI is InChI=1S/C12H16N4O3S/c1-19-10-4-2-3-9(7-10)5-6-15-20(17,18)11-8-14-16-12(11)13/h2-4,7-8,15H,5-6H2,1H3,(H3,13,14,16). The van der Waals surface area contributed by atoms with Gasteiger partial charge in [-0.2, -0.15) is 5.10 Å². The molecule has 0 saturated heterocycles. The number of ether oxygens (including phenoxy) is 1. The van der Waals surface area contributed by atoms with Gasteiger partial charge in [0.1, 0.15) is 16.5 Å². The van der Waals surface area contributed by atoms with Crippen LogP contribution in [0.4, 0.5) is 5.82 Å². The number of nitrogen functional groups attached to an aromatic ring is 1. The summed E-state index contributed by atoms with van der Waals surface area (Å²) in [6.07, 6.45) is 1.73. The van der Waals surface area contributed by atoms with Crippen molar-refractivity contribution in [2.75, 3.05) is 19.4 Å². The Labute approximate surface area is 117 Å². The van der Waals surface area contributed by atoms with Crippen LogP contribution in [-0.4, -0.2) is 32.3 Å². The zero-order valence-corrected chi connectivity index (χ0v) is 11.8. The summed E-state index contributed by atoms with van der Waals surface area (Å²) in [5.74, 6) is 0.767. The smallest absolute Gasteiger partial charge is 0.245 e. The molecule has 20 heavy (non-hydrogen) atoms. The lowest BCUT2D eigenvalue weighted by atomic mass is 10.1. The number of sulfonamides is 1. The molecule has 0 amide bonds. The number of nitrogens with zero attached hydrogens (tertiary/aromatic N) is 1. The van der Waals surface area contributed by atoms with Gasteiger partial charge in [0.2, 0.25) is 10.0 Å². The average molecular weight is 296 g/mol. The number of aromatic amines is 1. The molecule has 0 aliphatic carbocycles. The SMILES string of the molecule is COc1cccc(CCNS(=O)(=O)c2cn[nH]c2N)c1. The summed E-state index contributed by atoms with van der Waals surface area (Å²) < 4.78 is 31.5. The third-order valence-corrected chi connectivity index (χ3v) is 4.25. The van der Waals surface area contributed by atoms with E-state index in [1.54, 1.807) is 7.11 Å². The third-order valence-electron chi connectivity index (χ3n) is 2.76. The van der Waals surface area contributed by atoms with E-state index >= 15 is 0 Å². The van der Waals surface area contributed by atoms with Crippen molar-refractivity contribution in [3.63, 3.8) is 0 Å². The van der Waals surface area contributed by atoms with Gasteiger partial charge in [-0.3, -0.25) is 5.10 Å². The van der Waals surface area contributed by atoms with E-state index in [2.05, 4.69) is 14.9 Å². The van der Waals surface area contributed by atoms with E-state index in [0.29, 0.717) is 6.42 Å². The molecule has 2 rings (SSSR count). The number of hydrogen-bond donors (Lipinski definition) is 3. The first-order valence-corrected chi connectivity index (χ1v) is 7.42. The Balaban J connectivity index is 1.97. The first-order chi connectivity index (χ1) is 9.53. The minimum atomic E-state index is -3.63. The Morgan fingerprint density at radius 2 is 2.25 bits per heavy atom. The van der Waals surface area contributed by atoms with E-state index in [1.807, 2.05) is 24.3 Å². The quantitative estimate of drug-likeness (QED) is 0.720. The van der Waals surface area contributed by atoms with Crippen molar-refractivity contribution in [3.05, 3.63) is 36.0 Å². The van der Waals surface area contributed by atoms with Crippen molar-refractivity contribution >= 4 is 15.8 Å². The predicted molar refractivity (Wildman–Crippen MR) is 74.9 cm³/mol. The summed E-state index contributed by atoms with van der Waals surface area (Å²) in [4.78, 5) is -0.0388. The molecular weight excluding hydrogens is 280 g/mol. The summed E-state index contributed by atoms with van der Waals surface area (Å²) in [5.41, 5.74) is 6.47. The molecule has 0 spiro atoms. The Kier molecular flexibility index (Phi) is 4.26. The van der Waals surface area contributed by atoms with Crippen molar-refractivity contribution < 1.29 is 13.2 Å². The zero-order chi connectivity index (χ0) is 14.6. The summed E-state index contributed by atoms with van der Waals surface area (Å²) in [7, 11) is -2.05. The molecule has 1 aromatic carbocycles. The maximum absolute atomic E-state index is 12.0. The third kappa shape index (κ3) is 3.28. The van der Waals surface area contributed by atoms with E-state index in [0.717, 1.165) is 11.3 Å². The van der Waals surface area contributed by atoms with Crippen LogP contribution in [0.1, 0.15) is 5.56 Å². The molecule has 0 aliphatic rings. The first-order valence-electron chi connectivity index (χ1n) is 5.94. The molecule has 0 atom stereocenters. The molecule has 0 saturated carbocycles. The van der Waals surface area contributed by atoms with Crippen molar-refractivity contribution in [2.24, 2.45) is 0 Å². The molecular formula is C12H16N4O3S. The van der Waals surface area contributed by atoms with Crippen LogP contribution in [0.3, 0.4) is 0 Å². The van der Waals surface area contributed by atoms with Gasteiger partial charge in [0, 0.05) is 6.54 Å².